The number of rotatable bonds is 4. The van der Waals surface area contributed by atoms with Crippen molar-refractivity contribution in [1.29, 1.82) is 0 Å². The quantitative estimate of drug-likeness (QED) is 0.869. The number of para-hydroxylation sites is 1. The molecule has 0 spiro atoms. The fourth-order valence-electron chi connectivity index (χ4n) is 2.65. The van der Waals surface area contributed by atoms with E-state index in [0.29, 0.717) is 13.0 Å². The molecule has 2 aromatic rings. The van der Waals surface area contributed by atoms with Crippen LogP contribution in [0.4, 0.5) is 0 Å². The number of fused-ring (bicyclic) bond motifs is 1. The highest BCUT2D eigenvalue weighted by Crippen LogP contribution is 2.38. The Morgan fingerprint density at radius 1 is 1.09 bits per heavy atom. The van der Waals surface area contributed by atoms with Gasteiger partial charge in [-0.2, -0.15) is 0 Å². The van der Waals surface area contributed by atoms with Crippen LogP contribution in [0.1, 0.15) is 17.5 Å². The van der Waals surface area contributed by atoms with Crippen molar-refractivity contribution in [3.8, 4) is 5.75 Å². The standard InChI is InChI=1S/C19H16O3/c20-18(21)12-6-9-15-13-22-17-11-5-4-10-16(17)19(15)14-7-2-1-3-8-14/h1-8,10-12H,9,13H2,(H,20,21). The number of allylic oxidation sites excluding steroid dienone is 1. The topological polar surface area (TPSA) is 46.5 Å². The molecule has 0 aliphatic carbocycles. The van der Waals surface area contributed by atoms with E-state index in [-0.39, 0.29) is 0 Å². The monoisotopic (exact) mass is 292 g/mol. The highest BCUT2D eigenvalue weighted by molar-refractivity contribution is 5.86. The molecule has 0 atom stereocenters. The van der Waals surface area contributed by atoms with Gasteiger partial charge < -0.3 is 9.84 Å². The Kier molecular flexibility index (Phi) is 4.05. The zero-order valence-corrected chi connectivity index (χ0v) is 12.0. The van der Waals surface area contributed by atoms with E-state index in [4.69, 9.17) is 9.84 Å². The number of hydrogen-bond acceptors (Lipinski definition) is 2. The second-order valence-corrected chi connectivity index (χ2v) is 5.07. The summed E-state index contributed by atoms with van der Waals surface area (Å²) < 4.78 is 5.81. The molecule has 1 aliphatic heterocycles. The average Bonchev–Trinajstić information content (AvgIpc) is 2.55. The zero-order valence-electron chi connectivity index (χ0n) is 12.0. The van der Waals surface area contributed by atoms with E-state index in [1.54, 1.807) is 6.08 Å². The molecular formula is C19H16O3. The predicted octanol–water partition coefficient (Wildman–Crippen LogP) is 3.91. The van der Waals surface area contributed by atoms with Crippen LogP contribution in [0, 0.1) is 0 Å². The average molecular weight is 292 g/mol. The fourth-order valence-corrected chi connectivity index (χ4v) is 2.65. The second-order valence-electron chi connectivity index (χ2n) is 5.07. The Morgan fingerprint density at radius 3 is 2.59 bits per heavy atom. The number of carboxylic acids is 1. The van der Waals surface area contributed by atoms with E-state index in [2.05, 4.69) is 12.1 Å². The molecule has 22 heavy (non-hydrogen) atoms. The fraction of sp³-hybridized carbons (Fsp3) is 0.105. The lowest BCUT2D eigenvalue weighted by atomic mass is 9.89. The minimum atomic E-state index is -0.931. The van der Waals surface area contributed by atoms with Gasteiger partial charge in [-0.3, -0.25) is 0 Å². The number of carboxylic acid groups (broad SMARTS) is 1. The molecule has 3 heteroatoms. The van der Waals surface area contributed by atoms with Crippen LogP contribution in [-0.2, 0) is 4.79 Å². The maximum absolute atomic E-state index is 10.7. The highest BCUT2D eigenvalue weighted by atomic mass is 16.5. The summed E-state index contributed by atoms with van der Waals surface area (Å²) in [6, 6.07) is 18.1. The molecule has 2 aromatic carbocycles. The van der Waals surface area contributed by atoms with E-state index in [9.17, 15) is 4.79 Å². The van der Waals surface area contributed by atoms with Gasteiger partial charge in [-0.1, -0.05) is 54.6 Å². The van der Waals surface area contributed by atoms with Gasteiger partial charge in [0.25, 0.3) is 0 Å². The van der Waals surface area contributed by atoms with Gasteiger partial charge in [0.2, 0.25) is 0 Å². The van der Waals surface area contributed by atoms with E-state index >= 15 is 0 Å². The summed E-state index contributed by atoms with van der Waals surface area (Å²) in [5, 5.41) is 8.75. The Balaban J connectivity index is 2.08. The number of carbonyl (C=O) groups is 1. The van der Waals surface area contributed by atoms with Crippen molar-refractivity contribution < 1.29 is 14.6 Å². The molecule has 1 heterocycles. The largest absolute Gasteiger partial charge is 0.489 e. The Bertz CT molecular complexity index is 742. The normalized spacial score (nSPS) is 13.8. The third kappa shape index (κ3) is 2.93. The maximum Gasteiger partial charge on any atom is 0.327 e. The molecular weight excluding hydrogens is 276 g/mol. The van der Waals surface area contributed by atoms with Gasteiger partial charge in [0.05, 0.1) is 0 Å². The van der Waals surface area contributed by atoms with Crippen molar-refractivity contribution >= 4 is 11.5 Å². The molecule has 1 aliphatic rings. The van der Waals surface area contributed by atoms with Crippen molar-refractivity contribution in [3.05, 3.63) is 83.4 Å². The van der Waals surface area contributed by atoms with Gasteiger partial charge >= 0.3 is 5.97 Å². The first-order valence-corrected chi connectivity index (χ1v) is 7.15. The van der Waals surface area contributed by atoms with Crippen molar-refractivity contribution in [3.63, 3.8) is 0 Å². The van der Waals surface area contributed by atoms with Crippen molar-refractivity contribution in [2.75, 3.05) is 6.61 Å². The summed E-state index contributed by atoms with van der Waals surface area (Å²) in [5.41, 5.74) is 4.40. The van der Waals surface area contributed by atoms with Gasteiger partial charge in [-0.15, -0.1) is 0 Å². The Labute approximate surface area is 129 Å². The molecule has 0 amide bonds. The Hall–Kier alpha value is -2.81. The SMILES string of the molecule is O=C(O)C=CCC1=C(c2ccccc2)c2ccccc2OC1. The molecule has 3 rings (SSSR count). The van der Waals surface area contributed by atoms with Gasteiger partial charge in [-0.05, 0) is 29.2 Å². The minimum Gasteiger partial charge on any atom is -0.489 e. The smallest absolute Gasteiger partial charge is 0.327 e. The number of aliphatic carboxylic acids is 1. The molecule has 0 bridgehead atoms. The van der Waals surface area contributed by atoms with Crippen LogP contribution in [0.15, 0.2) is 72.3 Å². The molecule has 3 nitrogen and oxygen atoms in total. The summed E-state index contributed by atoms with van der Waals surface area (Å²) in [6.07, 6.45) is 3.40. The van der Waals surface area contributed by atoms with Gasteiger partial charge in [-0.25, -0.2) is 4.79 Å². The van der Waals surface area contributed by atoms with E-state index in [1.807, 2.05) is 42.5 Å². The lowest BCUT2D eigenvalue weighted by molar-refractivity contribution is -0.131. The predicted molar refractivity (Wildman–Crippen MR) is 85.8 cm³/mol. The first kappa shape index (κ1) is 14.1. The molecule has 0 saturated heterocycles. The third-order valence-electron chi connectivity index (χ3n) is 3.60. The molecule has 0 aromatic heterocycles. The van der Waals surface area contributed by atoms with Crippen molar-refractivity contribution in [2.45, 2.75) is 6.42 Å². The highest BCUT2D eigenvalue weighted by Gasteiger charge is 2.20. The second kappa shape index (κ2) is 6.31. The lowest BCUT2D eigenvalue weighted by Crippen LogP contribution is -2.12. The molecule has 0 radical (unpaired) electrons. The van der Waals surface area contributed by atoms with E-state index in [1.165, 1.54) is 6.08 Å². The van der Waals surface area contributed by atoms with E-state index in [0.717, 1.165) is 28.0 Å². The van der Waals surface area contributed by atoms with Crippen molar-refractivity contribution in [1.82, 2.24) is 0 Å². The summed E-state index contributed by atoms with van der Waals surface area (Å²) in [6.45, 7) is 0.477. The number of ether oxygens (including phenoxy) is 1. The minimum absolute atomic E-state index is 0.477. The van der Waals surface area contributed by atoms with Gasteiger partial charge in [0, 0.05) is 11.6 Å². The van der Waals surface area contributed by atoms with Gasteiger partial charge in [0.15, 0.2) is 0 Å². The van der Waals surface area contributed by atoms with Crippen LogP contribution in [0.3, 0.4) is 0 Å². The summed E-state index contributed by atoms with van der Waals surface area (Å²) in [4.78, 5) is 10.7. The zero-order chi connectivity index (χ0) is 15.4. The van der Waals surface area contributed by atoms with Crippen LogP contribution in [0.5, 0.6) is 5.75 Å². The number of hydrogen-bond donors (Lipinski definition) is 1. The van der Waals surface area contributed by atoms with E-state index < -0.39 is 5.97 Å². The Morgan fingerprint density at radius 2 is 1.82 bits per heavy atom. The van der Waals surface area contributed by atoms with Crippen LogP contribution >= 0.6 is 0 Å². The third-order valence-corrected chi connectivity index (χ3v) is 3.60. The maximum atomic E-state index is 10.7. The lowest BCUT2D eigenvalue weighted by Gasteiger charge is -2.24. The summed E-state index contributed by atoms with van der Waals surface area (Å²) in [5.74, 6) is -0.0636. The molecule has 0 unspecified atom stereocenters. The summed E-state index contributed by atoms with van der Waals surface area (Å²) >= 11 is 0. The van der Waals surface area contributed by atoms with Crippen molar-refractivity contribution in [2.24, 2.45) is 0 Å². The summed E-state index contributed by atoms with van der Waals surface area (Å²) in [7, 11) is 0. The van der Waals surface area contributed by atoms with Crippen LogP contribution in [-0.4, -0.2) is 17.7 Å². The molecule has 1 N–H and O–H groups in total. The van der Waals surface area contributed by atoms with Crippen LogP contribution in [0.2, 0.25) is 0 Å². The van der Waals surface area contributed by atoms with Gasteiger partial charge in [0.1, 0.15) is 12.4 Å². The molecule has 110 valence electrons. The number of benzene rings is 2. The van der Waals surface area contributed by atoms with Crippen LogP contribution < -0.4 is 4.74 Å². The first-order valence-electron chi connectivity index (χ1n) is 7.15. The molecule has 0 saturated carbocycles. The first-order chi connectivity index (χ1) is 10.8. The molecule has 0 fully saturated rings. The van der Waals surface area contributed by atoms with Crippen LogP contribution in [0.25, 0.3) is 5.57 Å².